The number of nitrogens with zero attached hydrogens (tertiary/aromatic N) is 4. The highest BCUT2D eigenvalue weighted by molar-refractivity contribution is 7.91. The number of nitrogens with two attached hydrogens (primary N) is 2. The Bertz CT molecular complexity index is 3380. The third-order valence-electron chi connectivity index (χ3n) is 10.6. The molecule has 0 spiro atoms. The number of nitrogen functional groups attached to an aromatic ring is 2. The van der Waals surface area contributed by atoms with Crippen molar-refractivity contribution in [3.05, 3.63) is 105 Å². The van der Waals surface area contributed by atoms with Crippen molar-refractivity contribution in [1.82, 2.24) is 24.4 Å². The normalized spacial score (nSPS) is 12.0. The Morgan fingerprint density at radius 2 is 1.11 bits per heavy atom. The van der Waals surface area contributed by atoms with Crippen LogP contribution in [0, 0.1) is 17.2 Å². The SMILES string of the molecule is CC(C)CS(=O)(=O)c1cc(N)cc(-c2cnc(NC(C)C)c(=O)n2CC(=O)NCc2ccc(C(=N)N)cc2)c1.CC(C)CS(=O)(=O)c1cc(NC(=O)OC(C)(C)C)cc(-c2cnc(NC(C)C)c(=O)n2CC(=O)OC(C)(C)C)c1. The Kier molecular flexibility index (Phi) is 21.3. The van der Waals surface area contributed by atoms with Gasteiger partial charge in [0.1, 0.15) is 30.1 Å². The minimum atomic E-state index is -3.78. The van der Waals surface area contributed by atoms with Crippen molar-refractivity contribution in [2.45, 2.75) is 150 Å². The van der Waals surface area contributed by atoms with E-state index in [0.717, 1.165) is 5.56 Å². The number of hydrogen-bond acceptors (Lipinski definition) is 17. The number of hydrogen-bond donors (Lipinski definition) is 7. The Morgan fingerprint density at radius 3 is 1.56 bits per heavy atom. The molecule has 0 radical (unpaired) electrons. The van der Waals surface area contributed by atoms with Gasteiger partial charge in [0.15, 0.2) is 31.3 Å². The molecule has 9 N–H and O–H groups in total. The van der Waals surface area contributed by atoms with Gasteiger partial charge in [-0.05, 0) is 123 Å². The van der Waals surface area contributed by atoms with Gasteiger partial charge in [0.25, 0.3) is 11.1 Å². The molecule has 2 heterocycles. The zero-order chi connectivity index (χ0) is 59.5. The molecule has 0 bridgehead atoms. The standard InChI is InChI=1S/C28H42N4O7S.C27H35N7O4S/c1-17(2)16-40(36,37)21-12-19(11-20(13-21)31-26(35)39-28(8,9)10)22-14-29-24(30-18(3)4)25(34)32(22)15-23(33)38-27(5,6)7;1-16(2)15-39(37,38)22-10-20(9-21(28)11-22)23-13-32-26(33-17(3)4)27(36)34(23)14-24(35)31-12-18-5-7-19(8-6-18)25(29)30/h11-14,17-18H,15-16H2,1-10H3,(H,29,30)(H,31,35);5-11,13,16-17H,12,14-15,28H2,1-4H3,(H3,29,30)(H,31,35)(H,32,33). The van der Waals surface area contributed by atoms with E-state index in [1.54, 1.807) is 85.7 Å². The van der Waals surface area contributed by atoms with Gasteiger partial charge in [-0.15, -0.1) is 0 Å². The van der Waals surface area contributed by atoms with Crippen molar-refractivity contribution >= 4 is 66.5 Å². The third kappa shape index (κ3) is 19.7. The lowest BCUT2D eigenvalue weighted by atomic mass is 10.1. The summed E-state index contributed by atoms with van der Waals surface area (Å²) in [6, 6.07) is 15.3. The number of sulfone groups is 2. The predicted molar refractivity (Wildman–Crippen MR) is 309 cm³/mol. The molecule has 0 aliphatic heterocycles. The highest BCUT2D eigenvalue weighted by Gasteiger charge is 2.26. The molecule has 0 saturated carbocycles. The van der Waals surface area contributed by atoms with Gasteiger partial charge in [-0.25, -0.2) is 31.6 Å². The first-order valence-electron chi connectivity index (χ1n) is 25.6. The van der Waals surface area contributed by atoms with E-state index < -0.39 is 66.5 Å². The number of ether oxygens (including phenoxy) is 2. The second-order valence-corrected chi connectivity index (χ2v) is 26.4. The summed E-state index contributed by atoms with van der Waals surface area (Å²) in [5.74, 6) is -1.51. The molecular weight excluding hydrogens is 1050 g/mol. The van der Waals surface area contributed by atoms with E-state index in [4.69, 9.17) is 26.4 Å². The molecule has 5 rings (SSSR count). The molecule has 0 aliphatic rings. The fourth-order valence-corrected chi connectivity index (χ4v) is 11.0. The maximum atomic E-state index is 13.5. The van der Waals surface area contributed by atoms with Gasteiger partial charge in [-0.1, -0.05) is 52.0 Å². The summed E-state index contributed by atoms with van der Waals surface area (Å²) in [5, 5.41) is 18.8. The van der Waals surface area contributed by atoms with Gasteiger partial charge < -0.3 is 36.9 Å². The van der Waals surface area contributed by atoms with Gasteiger partial charge in [0, 0.05) is 46.7 Å². The minimum absolute atomic E-state index is 0.0259. The van der Waals surface area contributed by atoms with E-state index in [9.17, 15) is 40.8 Å². The molecule has 0 unspecified atom stereocenters. The van der Waals surface area contributed by atoms with E-state index in [1.807, 2.05) is 41.5 Å². The average molecular weight is 1130 g/mol. The molecule has 22 nitrogen and oxygen atoms in total. The molecule has 0 saturated heterocycles. The maximum absolute atomic E-state index is 13.5. The summed E-state index contributed by atoms with van der Waals surface area (Å²) in [6.45, 7) is 24.2. The maximum Gasteiger partial charge on any atom is 0.412 e. The number of anilines is 4. The van der Waals surface area contributed by atoms with Gasteiger partial charge >= 0.3 is 12.1 Å². The van der Waals surface area contributed by atoms with Gasteiger partial charge in [0.05, 0.1) is 45.1 Å². The van der Waals surface area contributed by atoms with Gasteiger partial charge in [0.2, 0.25) is 5.91 Å². The van der Waals surface area contributed by atoms with Crippen LogP contribution in [-0.4, -0.2) is 94.5 Å². The molecule has 5 aromatic rings. The van der Waals surface area contributed by atoms with Crippen LogP contribution in [0.2, 0.25) is 0 Å². The summed E-state index contributed by atoms with van der Waals surface area (Å²) in [4.78, 5) is 73.6. The molecular formula is C55H77N11O11S2. The van der Waals surface area contributed by atoms with Crippen molar-refractivity contribution in [3.8, 4) is 22.5 Å². The van der Waals surface area contributed by atoms with Gasteiger partial charge in [-0.3, -0.25) is 39.0 Å². The number of esters is 1. The van der Waals surface area contributed by atoms with E-state index in [2.05, 4.69) is 31.2 Å². The van der Waals surface area contributed by atoms with Crippen LogP contribution in [0.25, 0.3) is 22.5 Å². The highest BCUT2D eigenvalue weighted by Crippen LogP contribution is 2.30. The van der Waals surface area contributed by atoms with Crippen LogP contribution in [-0.2, 0) is 58.4 Å². The van der Waals surface area contributed by atoms with Crippen LogP contribution in [0.5, 0.6) is 0 Å². The zero-order valence-corrected chi connectivity index (χ0v) is 49.2. The number of nitrogens with one attached hydrogen (secondary N) is 5. The van der Waals surface area contributed by atoms with Crippen molar-refractivity contribution in [3.63, 3.8) is 0 Å². The summed E-state index contributed by atoms with van der Waals surface area (Å²) in [6.07, 6.45) is 2.02. The van der Waals surface area contributed by atoms with Crippen LogP contribution in [0.15, 0.2) is 92.4 Å². The number of carbonyl (C=O) groups is 3. The lowest BCUT2D eigenvalue weighted by Crippen LogP contribution is -2.35. The van der Waals surface area contributed by atoms with Crippen molar-refractivity contribution in [1.29, 1.82) is 5.41 Å². The number of carbonyl (C=O) groups excluding carboxylic acids is 3. The summed E-state index contributed by atoms with van der Waals surface area (Å²) < 4.78 is 65.5. The fraction of sp³-hybridized carbons (Fsp3) is 0.455. The Morgan fingerprint density at radius 1 is 0.658 bits per heavy atom. The second-order valence-electron chi connectivity index (χ2n) is 22.4. The molecule has 0 fully saturated rings. The van der Waals surface area contributed by atoms with Gasteiger partial charge in [-0.2, -0.15) is 0 Å². The van der Waals surface area contributed by atoms with E-state index in [-0.39, 0.29) is 104 Å². The largest absolute Gasteiger partial charge is 0.459 e. The first kappa shape index (κ1) is 63.9. The summed E-state index contributed by atoms with van der Waals surface area (Å²) in [5.41, 5.74) is 11.6. The number of amides is 2. The Labute approximate surface area is 462 Å². The smallest absolute Gasteiger partial charge is 0.412 e. The molecule has 24 heteroatoms. The third-order valence-corrected chi connectivity index (χ3v) is 14.7. The molecule has 0 aliphatic carbocycles. The molecule has 2 aromatic heterocycles. The van der Waals surface area contributed by atoms with Crippen LogP contribution in [0.1, 0.15) is 108 Å². The van der Waals surface area contributed by atoms with Crippen LogP contribution < -0.4 is 43.9 Å². The number of amidine groups is 1. The van der Waals surface area contributed by atoms with Crippen LogP contribution in [0.4, 0.5) is 27.8 Å². The molecule has 79 heavy (non-hydrogen) atoms. The first-order valence-corrected chi connectivity index (χ1v) is 28.9. The topological polar surface area (TPSA) is 332 Å². The van der Waals surface area contributed by atoms with Crippen molar-refractivity contribution < 1.29 is 40.7 Å². The quantitative estimate of drug-likeness (QED) is 0.0175. The Hall–Kier alpha value is -7.60. The highest BCUT2D eigenvalue weighted by atomic mass is 32.2. The monoisotopic (exact) mass is 1130 g/mol. The van der Waals surface area contributed by atoms with E-state index >= 15 is 0 Å². The molecule has 2 amide bonds. The number of aromatic nitrogens is 4. The second kappa shape index (κ2) is 26.4. The lowest BCUT2D eigenvalue weighted by molar-refractivity contribution is -0.155. The van der Waals surface area contributed by atoms with Crippen molar-refractivity contribution in [2.24, 2.45) is 17.6 Å². The Balaban J connectivity index is 0.000000341. The number of rotatable bonds is 20. The fourth-order valence-electron chi connectivity index (χ4n) is 7.64. The van der Waals surface area contributed by atoms with Crippen LogP contribution in [0.3, 0.4) is 0 Å². The average Bonchev–Trinajstić information content (AvgIpc) is 3.30. The van der Waals surface area contributed by atoms with E-state index in [0.29, 0.717) is 11.1 Å². The lowest BCUT2D eigenvalue weighted by Gasteiger charge is -2.22. The zero-order valence-electron chi connectivity index (χ0n) is 47.5. The molecule has 0 atom stereocenters. The van der Waals surface area contributed by atoms with Crippen molar-refractivity contribution in [2.75, 3.05) is 33.2 Å². The molecule has 3 aromatic carbocycles. The van der Waals surface area contributed by atoms with Crippen LogP contribution >= 0.6 is 0 Å². The molecule has 430 valence electrons. The predicted octanol–water partition coefficient (Wildman–Crippen LogP) is 7.19. The first-order chi connectivity index (χ1) is 36.4. The summed E-state index contributed by atoms with van der Waals surface area (Å²) >= 11 is 0. The summed E-state index contributed by atoms with van der Waals surface area (Å²) in [7, 11) is -7.41. The number of benzene rings is 3. The minimum Gasteiger partial charge on any atom is -0.459 e. The van der Waals surface area contributed by atoms with E-state index in [1.165, 1.54) is 51.9 Å².